The molecule has 2 rings (SSSR count). The topological polar surface area (TPSA) is 66.5 Å². The van der Waals surface area contributed by atoms with Crippen molar-refractivity contribution in [1.29, 1.82) is 0 Å². The van der Waals surface area contributed by atoms with E-state index in [-0.39, 0.29) is 23.4 Å². The number of aryl methyl sites for hydroxylation is 1. The summed E-state index contributed by atoms with van der Waals surface area (Å²) in [7, 11) is -3.67. The SMILES string of the molecule is C=CCN(C(=O)CNS(=O)(=O)c1ccc(C)cc1)C1CCCCC1. The Hall–Kier alpha value is -1.66. The highest BCUT2D eigenvalue weighted by Gasteiger charge is 2.25. The third-order valence-corrected chi connectivity index (χ3v) is 5.82. The number of hydrogen-bond donors (Lipinski definition) is 1. The third-order valence-electron chi connectivity index (χ3n) is 4.41. The van der Waals surface area contributed by atoms with Gasteiger partial charge in [-0.2, -0.15) is 0 Å². The fraction of sp³-hybridized carbons (Fsp3) is 0.500. The molecule has 1 fully saturated rings. The van der Waals surface area contributed by atoms with Gasteiger partial charge < -0.3 is 4.90 Å². The lowest BCUT2D eigenvalue weighted by atomic mass is 9.94. The number of carbonyl (C=O) groups is 1. The van der Waals surface area contributed by atoms with Gasteiger partial charge in [0.25, 0.3) is 0 Å². The van der Waals surface area contributed by atoms with Gasteiger partial charge >= 0.3 is 0 Å². The standard InChI is InChI=1S/C18H26N2O3S/c1-3-13-20(16-7-5-4-6-8-16)18(21)14-19-24(22,23)17-11-9-15(2)10-12-17/h3,9-12,16,19H,1,4-8,13-14H2,2H3. The van der Waals surface area contributed by atoms with E-state index in [1.54, 1.807) is 35.2 Å². The molecule has 1 aromatic carbocycles. The predicted molar refractivity (Wildman–Crippen MR) is 95.2 cm³/mol. The molecule has 0 unspecified atom stereocenters. The minimum atomic E-state index is -3.67. The van der Waals surface area contributed by atoms with E-state index < -0.39 is 10.0 Å². The lowest BCUT2D eigenvalue weighted by molar-refractivity contribution is -0.132. The molecule has 0 aromatic heterocycles. The number of benzene rings is 1. The lowest BCUT2D eigenvalue weighted by Crippen LogP contribution is -2.46. The molecule has 0 radical (unpaired) electrons. The Kier molecular flexibility index (Phi) is 6.57. The van der Waals surface area contributed by atoms with Gasteiger partial charge in [0.1, 0.15) is 0 Å². The smallest absolute Gasteiger partial charge is 0.241 e. The van der Waals surface area contributed by atoms with Crippen LogP contribution >= 0.6 is 0 Å². The predicted octanol–water partition coefficient (Wildman–Crippen LogP) is 2.62. The molecular weight excluding hydrogens is 324 g/mol. The Morgan fingerprint density at radius 2 is 1.88 bits per heavy atom. The zero-order chi connectivity index (χ0) is 17.6. The fourth-order valence-electron chi connectivity index (χ4n) is 3.05. The molecule has 0 aliphatic heterocycles. The molecule has 1 aliphatic carbocycles. The second-order valence-electron chi connectivity index (χ2n) is 6.26. The van der Waals surface area contributed by atoms with Crippen LogP contribution in [-0.4, -0.2) is 38.4 Å². The molecule has 0 atom stereocenters. The van der Waals surface area contributed by atoms with Crippen molar-refractivity contribution in [3.63, 3.8) is 0 Å². The van der Waals surface area contributed by atoms with Crippen LogP contribution in [0.2, 0.25) is 0 Å². The van der Waals surface area contributed by atoms with Crippen molar-refractivity contribution in [3.8, 4) is 0 Å². The minimum absolute atomic E-state index is 0.175. The summed E-state index contributed by atoms with van der Waals surface area (Å²) < 4.78 is 27.0. The molecule has 1 aromatic rings. The summed E-state index contributed by atoms with van der Waals surface area (Å²) in [6.45, 7) is 5.84. The molecule has 1 amide bonds. The molecule has 0 saturated heterocycles. The van der Waals surface area contributed by atoms with Gasteiger partial charge in [-0.05, 0) is 31.9 Å². The second kappa shape index (κ2) is 8.44. The maximum absolute atomic E-state index is 12.5. The van der Waals surface area contributed by atoms with Crippen LogP contribution < -0.4 is 4.72 Å². The summed E-state index contributed by atoms with van der Waals surface area (Å²) >= 11 is 0. The Morgan fingerprint density at radius 1 is 1.25 bits per heavy atom. The summed E-state index contributed by atoms with van der Waals surface area (Å²) in [5, 5.41) is 0. The molecule has 6 heteroatoms. The summed E-state index contributed by atoms with van der Waals surface area (Å²) in [5.74, 6) is -0.197. The molecule has 0 bridgehead atoms. The van der Waals surface area contributed by atoms with Crippen LogP contribution in [0.15, 0.2) is 41.8 Å². The molecule has 24 heavy (non-hydrogen) atoms. The summed E-state index contributed by atoms with van der Waals surface area (Å²) in [6, 6.07) is 6.76. The first-order valence-corrected chi connectivity index (χ1v) is 9.89. The van der Waals surface area contributed by atoms with Gasteiger partial charge in [0.05, 0.1) is 11.4 Å². The maximum atomic E-state index is 12.5. The monoisotopic (exact) mass is 350 g/mol. The molecular formula is C18H26N2O3S. The van der Waals surface area contributed by atoms with Crippen molar-refractivity contribution in [3.05, 3.63) is 42.5 Å². The quantitative estimate of drug-likeness (QED) is 0.769. The van der Waals surface area contributed by atoms with Gasteiger partial charge in [-0.15, -0.1) is 6.58 Å². The number of rotatable bonds is 7. The number of carbonyl (C=O) groups excluding carboxylic acids is 1. The maximum Gasteiger partial charge on any atom is 0.241 e. The second-order valence-corrected chi connectivity index (χ2v) is 8.03. The van der Waals surface area contributed by atoms with Gasteiger partial charge in [0, 0.05) is 12.6 Å². The van der Waals surface area contributed by atoms with E-state index in [0.29, 0.717) is 6.54 Å². The minimum Gasteiger partial charge on any atom is -0.335 e. The van der Waals surface area contributed by atoms with E-state index in [9.17, 15) is 13.2 Å². The highest BCUT2D eigenvalue weighted by atomic mass is 32.2. The Morgan fingerprint density at radius 3 is 2.46 bits per heavy atom. The van der Waals surface area contributed by atoms with E-state index in [0.717, 1.165) is 31.2 Å². The normalized spacial score (nSPS) is 15.9. The van der Waals surface area contributed by atoms with Crippen LogP contribution in [-0.2, 0) is 14.8 Å². The van der Waals surface area contributed by atoms with Gasteiger partial charge in [-0.1, -0.05) is 43.0 Å². The average Bonchev–Trinajstić information content (AvgIpc) is 2.59. The summed E-state index contributed by atoms with van der Waals surface area (Å²) in [4.78, 5) is 14.4. The van der Waals surface area contributed by atoms with Crippen LogP contribution in [0.25, 0.3) is 0 Å². The van der Waals surface area contributed by atoms with E-state index in [1.165, 1.54) is 6.42 Å². The average molecular weight is 350 g/mol. The van der Waals surface area contributed by atoms with Crippen molar-refractivity contribution in [2.45, 2.75) is 50.0 Å². The zero-order valence-corrected chi connectivity index (χ0v) is 15.0. The Labute approximate surface area is 144 Å². The number of amides is 1. The van der Waals surface area contributed by atoms with E-state index in [4.69, 9.17) is 0 Å². The molecule has 0 heterocycles. The van der Waals surface area contributed by atoms with E-state index in [2.05, 4.69) is 11.3 Å². The largest absolute Gasteiger partial charge is 0.335 e. The van der Waals surface area contributed by atoms with Crippen molar-refractivity contribution >= 4 is 15.9 Å². The first kappa shape index (κ1) is 18.7. The zero-order valence-electron chi connectivity index (χ0n) is 14.2. The van der Waals surface area contributed by atoms with E-state index >= 15 is 0 Å². The van der Waals surface area contributed by atoms with Crippen LogP contribution in [0.5, 0.6) is 0 Å². The number of sulfonamides is 1. The highest BCUT2D eigenvalue weighted by Crippen LogP contribution is 2.22. The fourth-order valence-corrected chi connectivity index (χ4v) is 4.02. The third kappa shape index (κ3) is 4.92. The number of nitrogens with zero attached hydrogens (tertiary/aromatic N) is 1. The lowest BCUT2D eigenvalue weighted by Gasteiger charge is -2.33. The molecule has 1 saturated carbocycles. The molecule has 0 spiro atoms. The Bertz CT molecular complexity index is 662. The van der Waals surface area contributed by atoms with Gasteiger partial charge in [0.15, 0.2) is 0 Å². The van der Waals surface area contributed by atoms with Crippen LogP contribution in [0.3, 0.4) is 0 Å². The number of nitrogens with one attached hydrogen (secondary N) is 1. The summed E-state index contributed by atoms with van der Waals surface area (Å²) in [5.41, 5.74) is 0.986. The Balaban J connectivity index is 2.01. The van der Waals surface area contributed by atoms with E-state index in [1.807, 2.05) is 6.92 Å². The van der Waals surface area contributed by atoms with Crippen molar-refractivity contribution in [1.82, 2.24) is 9.62 Å². The first-order valence-electron chi connectivity index (χ1n) is 8.41. The molecule has 132 valence electrons. The first-order chi connectivity index (χ1) is 11.4. The van der Waals surface area contributed by atoms with Crippen LogP contribution in [0, 0.1) is 6.92 Å². The highest BCUT2D eigenvalue weighted by molar-refractivity contribution is 7.89. The van der Waals surface area contributed by atoms with Crippen molar-refractivity contribution in [2.24, 2.45) is 0 Å². The van der Waals surface area contributed by atoms with Gasteiger partial charge in [-0.25, -0.2) is 13.1 Å². The molecule has 5 nitrogen and oxygen atoms in total. The molecule has 1 N–H and O–H groups in total. The van der Waals surface area contributed by atoms with Gasteiger partial charge in [-0.3, -0.25) is 4.79 Å². The molecule has 1 aliphatic rings. The summed E-state index contributed by atoms with van der Waals surface area (Å²) in [6.07, 6.45) is 7.07. The van der Waals surface area contributed by atoms with Crippen LogP contribution in [0.4, 0.5) is 0 Å². The van der Waals surface area contributed by atoms with Crippen LogP contribution in [0.1, 0.15) is 37.7 Å². The number of hydrogen-bond acceptors (Lipinski definition) is 3. The van der Waals surface area contributed by atoms with Crippen molar-refractivity contribution in [2.75, 3.05) is 13.1 Å². The van der Waals surface area contributed by atoms with Crippen molar-refractivity contribution < 1.29 is 13.2 Å². The van der Waals surface area contributed by atoms with Gasteiger partial charge in [0.2, 0.25) is 15.9 Å².